The maximum absolute atomic E-state index is 13.0. The van der Waals surface area contributed by atoms with Gasteiger partial charge in [0.05, 0.1) is 11.5 Å². The second-order valence-electron chi connectivity index (χ2n) is 7.60. The minimum absolute atomic E-state index is 0.134. The molecule has 1 amide bonds. The van der Waals surface area contributed by atoms with Gasteiger partial charge in [0.1, 0.15) is 0 Å². The molecular weight excluding hydrogens is 428 g/mol. The third-order valence-electron chi connectivity index (χ3n) is 5.27. The van der Waals surface area contributed by atoms with Gasteiger partial charge in [-0.1, -0.05) is 24.6 Å². The fourth-order valence-electron chi connectivity index (χ4n) is 3.49. The van der Waals surface area contributed by atoms with Gasteiger partial charge in [-0.05, 0) is 68.2 Å². The highest BCUT2D eigenvalue weighted by molar-refractivity contribution is 7.89. The van der Waals surface area contributed by atoms with E-state index in [1.165, 1.54) is 16.4 Å². The SMILES string of the molecule is CCOC(=O)/C=C/c1ccc(NC(=O)c2cc(S(=O)(=O)N3CCCCC3)ccc2C)cc1. The lowest BCUT2D eigenvalue weighted by molar-refractivity contribution is -0.137. The molecular formula is C24H28N2O5S. The van der Waals surface area contributed by atoms with Crippen molar-refractivity contribution >= 4 is 33.7 Å². The Balaban J connectivity index is 1.74. The molecule has 2 aromatic carbocycles. The summed E-state index contributed by atoms with van der Waals surface area (Å²) in [5.74, 6) is -0.798. The zero-order valence-corrected chi connectivity index (χ0v) is 19.2. The van der Waals surface area contributed by atoms with Crippen LogP contribution in [0.3, 0.4) is 0 Å². The first-order chi connectivity index (χ1) is 15.3. The summed E-state index contributed by atoms with van der Waals surface area (Å²) in [5, 5.41) is 2.81. The summed E-state index contributed by atoms with van der Waals surface area (Å²) in [7, 11) is -3.62. The molecule has 0 bridgehead atoms. The van der Waals surface area contributed by atoms with Crippen LogP contribution < -0.4 is 5.32 Å². The van der Waals surface area contributed by atoms with E-state index >= 15 is 0 Å². The van der Waals surface area contributed by atoms with E-state index in [-0.39, 0.29) is 10.8 Å². The Labute approximate surface area is 189 Å². The lowest BCUT2D eigenvalue weighted by Gasteiger charge is -2.26. The van der Waals surface area contributed by atoms with Gasteiger partial charge in [-0.3, -0.25) is 4.79 Å². The van der Waals surface area contributed by atoms with E-state index in [2.05, 4.69) is 5.32 Å². The fraction of sp³-hybridized carbons (Fsp3) is 0.333. The van der Waals surface area contributed by atoms with Crippen LogP contribution in [0.25, 0.3) is 6.08 Å². The molecule has 1 fully saturated rings. The molecule has 1 saturated heterocycles. The van der Waals surface area contributed by atoms with Crippen molar-refractivity contribution in [1.82, 2.24) is 4.31 Å². The fourth-order valence-corrected chi connectivity index (χ4v) is 5.03. The van der Waals surface area contributed by atoms with Gasteiger partial charge in [-0.25, -0.2) is 13.2 Å². The van der Waals surface area contributed by atoms with Gasteiger partial charge in [-0.15, -0.1) is 0 Å². The number of anilines is 1. The monoisotopic (exact) mass is 456 g/mol. The van der Waals surface area contributed by atoms with E-state index in [0.29, 0.717) is 36.5 Å². The Morgan fingerprint density at radius 3 is 2.41 bits per heavy atom. The van der Waals surface area contributed by atoms with Crippen LogP contribution in [0.5, 0.6) is 0 Å². The maximum atomic E-state index is 13.0. The highest BCUT2D eigenvalue weighted by atomic mass is 32.2. The minimum Gasteiger partial charge on any atom is -0.463 e. The number of nitrogens with one attached hydrogen (secondary N) is 1. The van der Waals surface area contributed by atoms with E-state index in [9.17, 15) is 18.0 Å². The van der Waals surface area contributed by atoms with Crippen LogP contribution in [0.15, 0.2) is 53.4 Å². The number of benzene rings is 2. The zero-order chi connectivity index (χ0) is 23.1. The molecule has 32 heavy (non-hydrogen) atoms. The molecule has 0 radical (unpaired) electrons. The van der Waals surface area contributed by atoms with Crippen molar-refractivity contribution in [1.29, 1.82) is 0 Å². The summed E-state index contributed by atoms with van der Waals surface area (Å²) in [6.45, 7) is 4.84. The van der Waals surface area contributed by atoms with E-state index in [0.717, 1.165) is 24.8 Å². The number of sulfonamides is 1. The number of hydrogen-bond acceptors (Lipinski definition) is 5. The van der Waals surface area contributed by atoms with Gasteiger partial charge in [0.25, 0.3) is 5.91 Å². The number of amides is 1. The first kappa shape index (κ1) is 23.7. The van der Waals surface area contributed by atoms with Gasteiger partial charge in [0.2, 0.25) is 10.0 Å². The van der Waals surface area contributed by atoms with Crippen LogP contribution in [0, 0.1) is 6.92 Å². The van der Waals surface area contributed by atoms with E-state index in [1.807, 2.05) is 0 Å². The maximum Gasteiger partial charge on any atom is 0.330 e. The van der Waals surface area contributed by atoms with Crippen LogP contribution in [-0.4, -0.2) is 44.3 Å². The largest absolute Gasteiger partial charge is 0.463 e. The molecule has 8 heteroatoms. The molecule has 170 valence electrons. The number of esters is 1. The van der Waals surface area contributed by atoms with Crippen molar-refractivity contribution in [3.05, 3.63) is 65.2 Å². The zero-order valence-electron chi connectivity index (χ0n) is 18.3. The van der Waals surface area contributed by atoms with Crippen LogP contribution in [0.4, 0.5) is 5.69 Å². The summed E-state index contributed by atoms with van der Waals surface area (Å²) in [5.41, 5.74) is 2.34. The van der Waals surface area contributed by atoms with Crippen molar-refractivity contribution in [2.45, 2.75) is 38.0 Å². The molecule has 1 N–H and O–H groups in total. The molecule has 0 unspecified atom stereocenters. The second-order valence-corrected chi connectivity index (χ2v) is 9.54. The molecule has 0 aliphatic carbocycles. The van der Waals surface area contributed by atoms with E-state index in [1.54, 1.807) is 56.3 Å². The van der Waals surface area contributed by atoms with Gasteiger partial charge < -0.3 is 10.1 Å². The Morgan fingerprint density at radius 2 is 1.75 bits per heavy atom. The molecule has 0 spiro atoms. The lowest BCUT2D eigenvalue weighted by Crippen LogP contribution is -2.35. The molecule has 0 saturated carbocycles. The number of carbonyl (C=O) groups is 2. The number of hydrogen-bond donors (Lipinski definition) is 1. The predicted molar refractivity (Wildman–Crippen MR) is 124 cm³/mol. The number of aryl methyl sites for hydroxylation is 1. The highest BCUT2D eigenvalue weighted by Crippen LogP contribution is 2.23. The topological polar surface area (TPSA) is 92.8 Å². The molecule has 3 rings (SSSR count). The summed E-state index contributed by atoms with van der Waals surface area (Å²) in [6.07, 6.45) is 5.70. The Morgan fingerprint density at radius 1 is 1.06 bits per heavy atom. The first-order valence-corrected chi connectivity index (χ1v) is 12.1. The average Bonchev–Trinajstić information content (AvgIpc) is 2.79. The molecule has 2 aromatic rings. The number of rotatable bonds is 7. The molecule has 0 atom stereocenters. The van der Waals surface area contributed by atoms with Gasteiger partial charge in [0, 0.05) is 30.4 Å². The summed E-state index contributed by atoms with van der Waals surface area (Å²) in [4.78, 5) is 24.4. The Kier molecular flexibility index (Phi) is 7.82. The first-order valence-electron chi connectivity index (χ1n) is 10.7. The average molecular weight is 457 g/mol. The molecule has 1 heterocycles. The second kappa shape index (κ2) is 10.6. The van der Waals surface area contributed by atoms with Crippen molar-refractivity contribution in [2.75, 3.05) is 25.0 Å². The number of carbonyl (C=O) groups excluding carboxylic acids is 2. The third kappa shape index (κ3) is 5.83. The molecule has 7 nitrogen and oxygen atoms in total. The lowest BCUT2D eigenvalue weighted by atomic mass is 10.1. The van der Waals surface area contributed by atoms with Crippen LogP contribution in [-0.2, 0) is 19.6 Å². The Hall–Kier alpha value is -2.97. The van der Waals surface area contributed by atoms with E-state index < -0.39 is 16.0 Å². The quantitative estimate of drug-likeness (QED) is 0.502. The van der Waals surface area contributed by atoms with E-state index in [4.69, 9.17) is 4.74 Å². The highest BCUT2D eigenvalue weighted by Gasteiger charge is 2.27. The van der Waals surface area contributed by atoms with Crippen LogP contribution in [0.2, 0.25) is 0 Å². The third-order valence-corrected chi connectivity index (χ3v) is 7.17. The van der Waals surface area contributed by atoms with Crippen molar-refractivity contribution < 1.29 is 22.7 Å². The van der Waals surface area contributed by atoms with Crippen molar-refractivity contribution in [3.8, 4) is 0 Å². The van der Waals surface area contributed by atoms with Crippen molar-refractivity contribution in [2.24, 2.45) is 0 Å². The van der Waals surface area contributed by atoms with Gasteiger partial charge in [0.15, 0.2) is 0 Å². The smallest absolute Gasteiger partial charge is 0.330 e. The summed E-state index contributed by atoms with van der Waals surface area (Å²) < 4.78 is 32.3. The van der Waals surface area contributed by atoms with Crippen LogP contribution >= 0.6 is 0 Å². The predicted octanol–water partition coefficient (Wildman–Crippen LogP) is 4.00. The number of ether oxygens (including phenoxy) is 1. The van der Waals surface area contributed by atoms with Gasteiger partial charge >= 0.3 is 5.97 Å². The molecule has 0 aromatic heterocycles. The van der Waals surface area contributed by atoms with Gasteiger partial charge in [-0.2, -0.15) is 4.31 Å². The summed E-state index contributed by atoms with van der Waals surface area (Å²) in [6, 6.07) is 11.6. The molecule has 1 aliphatic rings. The number of nitrogens with zero attached hydrogens (tertiary/aromatic N) is 1. The Bertz CT molecular complexity index is 1100. The standard InChI is InChI=1S/C24H28N2O5S/c1-3-31-23(27)14-10-19-8-11-20(12-9-19)25-24(28)22-17-21(13-7-18(22)2)32(29,30)26-15-5-4-6-16-26/h7-14,17H,3-6,15-16H2,1-2H3,(H,25,28)/b14-10+. The minimum atomic E-state index is -3.62. The summed E-state index contributed by atoms with van der Waals surface area (Å²) >= 11 is 0. The van der Waals surface area contributed by atoms with Crippen molar-refractivity contribution in [3.63, 3.8) is 0 Å². The normalized spacial score (nSPS) is 14.9. The molecule has 1 aliphatic heterocycles. The van der Waals surface area contributed by atoms with Crippen LogP contribution in [0.1, 0.15) is 47.7 Å². The number of piperidine rings is 1.